The summed E-state index contributed by atoms with van der Waals surface area (Å²) in [6, 6.07) is 11.0. The summed E-state index contributed by atoms with van der Waals surface area (Å²) >= 11 is 0. The summed E-state index contributed by atoms with van der Waals surface area (Å²) in [7, 11) is 0. The van der Waals surface area contributed by atoms with Gasteiger partial charge >= 0.3 is 5.97 Å². The number of carbonyl (C=O) groups is 3. The summed E-state index contributed by atoms with van der Waals surface area (Å²) in [5.74, 6) is -0.968. The third-order valence-corrected chi connectivity index (χ3v) is 6.41. The molecule has 0 aliphatic carbocycles. The standard InChI is InChI=1S/C35H41N3O4.C4H10/c1-3-4-5-6-7-8-9-10-11-12-13-14-15-16-17-18-19-20-34(40)42-33-26-25-31(27-32(33)28(2)39)38-37-30-23-21-29(22-24-30)35(36)41;1-3-4-2/h4-5,7-8,10-11,13-14,16-17,21-27H,3,6,9,12,15,18-20H2,1-2H3,(H2,36,41);3-4H2,1-2H3/b5-4-,8-7-,11-10-,14-13-,17-16-,38-37?;. The van der Waals surface area contributed by atoms with E-state index >= 15 is 0 Å². The minimum absolute atomic E-state index is 0.201. The summed E-state index contributed by atoms with van der Waals surface area (Å²) in [6.07, 6.45) is 30.6. The smallest absolute Gasteiger partial charge is 0.311 e. The molecule has 2 aromatic carbocycles. The molecular weight excluding hydrogens is 574 g/mol. The van der Waals surface area contributed by atoms with Gasteiger partial charge in [0.25, 0.3) is 0 Å². The Morgan fingerprint density at radius 2 is 1.20 bits per heavy atom. The number of carbonyl (C=O) groups excluding carboxylic acids is 3. The second-order valence-electron chi connectivity index (χ2n) is 10.4. The first-order valence-electron chi connectivity index (χ1n) is 16.2. The minimum Gasteiger partial charge on any atom is -0.426 e. The Balaban J connectivity index is 0.00000249. The van der Waals surface area contributed by atoms with Gasteiger partial charge in [-0.3, -0.25) is 14.4 Å². The third-order valence-electron chi connectivity index (χ3n) is 6.41. The summed E-state index contributed by atoms with van der Waals surface area (Å²) < 4.78 is 5.46. The number of amides is 1. The first-order chi connectivity index (χ1) is 22.3. The average molecular weight is 626 g/mol. The molecule has 0 radical (unpaired) electrons. The molecule has 2 aromatic rings. The number of unbranched alkanes of at least 4 members (excludes halogenated alkanes) is 2. The van der Waals surface area contributed by atoms with Crippen LogP contribution in [0.25, 0.3) is 0 Å². The van der Waals surface area contributed by atoms with E-state index in [9.17, 15) is 14.4 Å². The molecule has 2 N–H and O–H groups in total. The van der Waals surface area contributed by atoms with E-state index < -0.39 is 11.9 Å². The number of nitrogens with two attached hydrogens (primary N) is 1. The number of ether oxygens (including phenoxy) is 1. The van der Waals surface area contributed by atoms with Crippen LogP contribution >= 0.6 is 0 Å². The van der Waals surface area contributed by atoms with Crippen molar-refractivity contribution in [3.05, 3.63) is 114 Å². The number of allylic oxidation sites excluding steroid dienone is 10. The molecule has 0 bridgehead atoms. The zero-order valence-corrected chi connectivity index (χ0v) is 28.0. The van der Waals surface area contributed by atoms with Crippen LogP contribution in [0.15, 0.2) is 113 Å². The number of Topliss-reactive ketones (excluding diaryl/α,β-unsaturated/α-hetero) is 1. The van der Waals surface area contributed by atoms with Crippen molar-refractivity contribution < 1.29 is 19.1 Å². The first-order valence-corrected chi connectivity index (χ1v) is 16.2. The van der Waals surface area contributed by atoms with Crippen LogP contribution in [-0.4, -0.2) is 17.7 Å². The van der Waals surface area contributed by atoms with Gasteiger partial charge in [-0.15, -0.1) is 0 Å². The highest BCUT2D eigenvalue weighted by atomic mass is 16.5. The van der Waals surface area contributed by atoms with Gasteiger partial charge in [-0.1, -0.05) is 94.4 Å². The fraction of sp³-hybridized carbons (Fsp3) is 0.359. The van der Waals surface area contributed by atoms with Gasteiger partial charge in [-0.2, -0.15) is 10.2 Å². The molecule has 0 aromatic heterocycles. The Bertz CT molecular complexity index is 1360. The lowest BCUT2D eigenvalue weighted by Gasteiger charge is -2.08. The maximum Gasteiger partial charge on any atom is 0.311 e. The number of azo groups is 1. The first kappa shape index (κ1) is 39.4. The fourth-order valence-electron chi connectivity index (χ4n) is 3.66. The SMILES string of the molecule is CC/C=C\C/C=C\C/C=C\C/C=C\C/C=C\CCCC(=O)Oc1ccc(N=Nc2ccc(C(N)=O)cc2)cc1C(C)=O.CCCC. The molecule has 46 heavy (non-hydrogen) atoms. The van der Waals surface area contributed by atoms with Crippen molar-refractivity contribution in [2.45, 2.75) is 91.9 Å². The van der Waals surface area contributed by atoms with Crippen molar-refractivity contribution in [3.8, 4) is 5.75 Å². The Labute approximate surface area is 275 Å². The summed E-state index contributed by atoms with van der Waals surface area (Å²) in [5, 5.41) is 8.25. The molecule has 0 spiro atoms. The van der Waals surface area contributed by atoms with Crippen LogP contribution < -0.4 is 10.5 Å². The topological polar surface area (TPSA) is 111 Å². The molecule has 0 unspecified atom stereocenters. The molecule has 0 fully saturated rings. The zero-order valence-electron chi connectivity index (χ0n) is 28.0. The molecule has 7 heteroatoms. The summed E-state index contributed by atoms with van der Waals surface area (Å²) in [5.41, 5.74) is 6.81. The van der Waals surface area contributed by atoms with Crippen LogP contribution in [0.4, 0.5) is 11.4 Å². The van der Waals surface area contributed by atoms with Crippen molar-refractivity contribution in [1.82, 2.24) is 0 Å². The number of rotatable bonds is 19. The lowest BCUT2D eigenvalue weighted by Crippen LogP contribution is -2.10. The minimum atomic E-state index is -0.524. The molecule has 0 saturated heterocycles. The predicted molar refractivity (Wildman–Crippen MR) is 190 cm³/mol. The number of hydrogen-bond donors (Lipinski definition) is 1. The molecule has 2 rings (SSSR count). The monoisotopic (exact) mass is 625 g/mol. The number of hydrogen-bond acceptors (Lipinski definition) is 6. The quantitative estimate of drug-likeness (QED) is 0.0418. The van der Waals surface area contributed by atoms with E-state index in [1.165, 1.54) is 25.8 Å². The van der Waals surface area contributed by atoms with Crippen molar-refractivity contribution in [1.29, 1.82) is 0 Å². The number of nitrogens with zero attached hydrogens (tertiary/aromatic N) is 2. The van der Waals surface area contributed by atoms with Crippen LogP contribution in [0.1, 0.15) is 113 Å². The maximum absolute atomic E-state index is 12.4. The molecule has 7 nitrogen and oxygen atoms in total. The van der Waals surface area contributed by atoms with Crippen LogP contribution in [0.2, 0.25) is 0 Å². The van der Waals surface area contributed by atoms with Gasteiger partial charge in [0.05, 0.1) is 16.9 Å². The van der Waals surface area contributed by atoms with E-state index in [0.29, 0.717) is 23.4 Å². The van der Waals surface area contributed by atoms with Gasteiger partial charge in [-0.25, -0.2) is 0 Å². The van der Waals surface area contributed by atoms with Crippen molar-refractivity contribution in [3.63, 3.8) is 0 Å². The highest BCUT2D eigenvalue weighted by Crippen LogP contribution is 2.27. The highest BCUT2D eigenvalue weighted by Gasteiger charge is 2.13. The molecule has 1 amide bonds. The second kappa shape index (κ2) is 25.7. The molecular formula is C39H51N3O4. The second-order valence-corrected chi connectivity index (χ2v) is 10.4. The highest BCUT2D eigenvalue weighted by molar-refractivity contribution is 5.98. The van der Waals surface area contributed by atoms with E-state index in [4.69, 9.17) is 10.5 Å². The summed E-state index contributed by atoms with van der Waals surface area (Å²) in [4.78, 5) is 35.7. The predicted octanol–water partition coefficient (Wildman–Crippen LogP) is 11.0. The Kier molecular flexibility index (Phi) is 22.0. The number of primary amides is 1. The molecule has 0 aliphatic rings. The van der Waals surface area contributed by atoms with Gasteiger partial charge in [0, 0.05) is 12.0 Å². The van der Waals surface area contributed by atoms with Gasteiger partial charge in [0.1, 0.15) is 5.75 Å². The average Bonchev–Trinajstić information content (AvgIpc) is 3.05. The van der Waals surface area contributed by atoms with Crippen LogP contribution in [0.3, 0.4) is 0 Å². The van der Waals surface area contributed by atoms with E-state index in [1.807, 2.05) is 0 Å². The van der Waals surface area contributed by atoms with Gasteiger partial charge in [0.2, 0.25) is 5.91 Å². The van der Waals surface area contributed by atoms with E-state index in [2.05, 4.69) is 91.8 Å². The largest absolute Gasteiger partial charge is 0.426 e. The van der Waals surface area contributed by atoms with Gasteiger partial charge in [0.15, 0.2) is 5.78 Å². The third kappa shape index (κ3) is 18.9. The lowest BCUT2D eigenvalue weighted by molar-refractivity contribution is -0.134. The van der Waals surface area contributed by atoms with E-state index in [0.717, 1.165) is 38.5 Å². The molecule has 246 valence electrons. The van der Waals surface area contributed by atoms with Gasteiger partial charge in [-0.05, 0) is 94.3 Å². The molecule has 0 aliphatic heterocycles. The Morgan fingerprint density at radius 1 is 0.696 bits per heavy atom. The van der Waals surface area contributed by atoms with Crippen molar-refractivity contribution >= 4 is 29.0 Å². The molecule has 0 heterocycles. The van der Waals surface area contributed by atoms with Crippen molar-refractivity contribution in [2.24, 2.45) is 16.0 Å². The van der Waals surface area contributed by atoms with Crippen LogP contribution in [-0.2, 0) is 4.79 Å². The molecule has 0 saturated carbocycles. The molecule has 0 atom stereocenters. The maximum atomic E-state index is 12.4. The van der Waals surface area contributed by atoms with E-state index in [1.54, 1.807) is 36.4 Å². The lowest BCUT2D eigenvalue weighted by atomic mass is 10.1. The number of esters is 1. The fourth-order valence-corrected chi connectivity index (χ4v) is 3.66. The Morgan fingerprint density at radius 3 is 1.70 bits per heavy atom. The Hall–Kier alpha value is -4.65. The van der Waals surface area contributed by atoms with Crippen LogP contribution in [0.5, 0.6) is 5.75 Å². The number of benzene rings is 2. The van der Waals surface area contributed by atoms with Crippen LogP contribution in [0, 0.1) is 0 Å². The normalized spacial score (nSPS) is 11.7. The zero-order chi connectivity index (χ0) is 33.8. The summed E-state index contributed by atoms with van der Waals surface area (Å²) in [6.45, 7) is 7.90. The van der Waals surface area contributed by atoms with Crippen molar-refractivity contribution in [2.75, 3.05) is 0 Å². The van der Waals surface area contributed by atoms with Gasteiger partial charge < -0.3 is 10.5 Å². The number of ketones is 1. The van der Waals surface area contributed by atoms with E-state index in [-0.39, 0.29) is 23.5 Å².